The summed E-state index contributed by atoms with van der Waals surface area (Å²) in [6, 6.07) is 0. The second-order valence-electron chi connectivity index (χ2n) is 3.90. The zero-order valence-electron chi connectivity index (χ0n) is 9.24. The van der Waals surface area contributed by atoms with E-state index in [4.69, 9.17) is 10.5 Å². The number of hydrogen-bond donors (Lipinski definition) is 1. The fourth-order valence-electron chi connectivity index (χ4n) is 1.70. The van der Waals surface area contributed by atoms with E-state index in [1.165, 1.54) is 32.6 Å². The Morgan fingerprint density at radius 3 is 2.79 bits per heavy atom. The highest BCUT2D eigenvalue weighted by molar-refractivity contribution is 4.66. The summed E-state index contributed by atoms with van der Waals surface area (Å²) in [5.74, 6) is 0. The number of nitrogens with two attached hydrogens (primary N) is 1. The third-order valence-corrected chi connectivity index (χ3v) is 2.63. The number of hydrogen-bond acceptors (Lipinski definition) is 4. The van der Waals surface area contributed by atoms with E-state index in [-0.39, 0.29) is 0 Å². The first-order valence-electron chi connectivity index (χ1n) is 5.51. The Kier molecular flexibility index (Phi) is 6.10. The minimum Gasteiger partial charge on any atom is -0.379 e. The van der Waals surface area contributed by atoms with E-state index in [0.717, 1.165) is 13.2 Å². The Labute approximate surface area is 87.0 Å². The second kappa shape index (κ2) is 7.17. The van der Waals surface area contributed by atoms with Crippen LogP contribution in [0.3, 0.4) is 0 Å². The molecule has 0 atom stereocenters. The molecule has 0 aliphatic carbocycles. The molecule has 1 aliphatic rings. The molecule has 4 nitrogen and oxygen atoms in total. The average Bonchev–Trinajstić information content (AvgIpc) is 2.38. The van der Waals surface area contributed by atoms with Crippen LogP contribution in [0.2, 0.25) is 0 Å². The van der Waals surface area contributed by atoms with Gasteiger partial charge in [0.15, 0.2) is 0 Å². The van der Waals surface area contributed by atoms with E-state index in [0.29, 0.717) is 13.2 Å². The molecule has 1 heterocycles. The topological polar surface area (TPSA) is 41.7 Å². The summed E-state index contributed by atoms with van der Waals surface area (Å²) in [7, 11) is 2.19. The van der Waals surface area contributed by atoms with Crippen LogP contribution in [0.4, 0.5) is 0 Å². The van der Waals surface area contributed by atoms with Gasteiger partial charge in [-0.2, -0.15) is 0 Å². The van der Waals surface area contributed by atoms with Crippen molar-refractivity contribution >= 4 is 0 Å². The third-order valence-electron chi connectivity index (χ3n) is 2.63. The van der Waals surface area contributed by atoms with Crippen LogP contribution in [-0.4, -0.2) is 69.3 Å². The Balaban J connectivity index is 2.05. The second-order valence-corrected chi connectivity index (χ2v) is 3.90. The van der Waals surface area contributed by atoms with Crippen molar-refractivity contribution in [3.63, 3.8) is 0 Å². The molecule has 1 rings (SSSR count). The summed E-state index contributed by atoms with van der Waals surface area (Å²) < 4.78 is 5.37. The van der Waals surface area contributed by atoms with Crippen LogP contribution in [0.15, 0.2) is 0 Å². The van der Waals surface area contributed by atoms with Gasteiger partial charge in [-0.3, -0.25) is 4.90 Å². The van der Waals surface area contributed by atoms with Crippen LogP contribution in [0, 0.1) is 0 Å². The molecule has 1 aliphatic heterocycles. The average molecular weight is 201 g/mol. The van der Waals surface area contributed by atoms with Gasteiger partial charge in [-0.25, -0.2) is 0 Å². The van der Waals surface area contributed by atoms with Gasteiger partial charge in [-0.05, 0) is 26.6 Å². The lowest BCUT2D eigenvalue weighted by molar-refractivity contribution is 0.110. The molecule has 84 valence electrons. The smallest absolute Gasteiger partial charge is 0.0594 e. The molecular weight excluding hydrogens is 178 g/mol. The Morgan fingerprint density at radius 2 is 2.00 bits per heavy atom. The lowest BCUT2D eigenvalue weighted by Gasteiger charge is -2.19. The zero-order valence-corrected chi connectivity index (χ0v) is 9.24. The molecule has 0 radical (unpaired) electrons. The van der Waals surface area contributed by atoms with Crippen molar-refractivity contribution < 1.29 is 4.74 Å². The van der Waals surface area contributed by atoms with Crippen molar-refractivity contribution in [2.45, 2.75) is 6.42 Å². The van der Waals surface area contributed by atoms with E-state index in [1.807, 2.05) is 0 Å². The van der Waals surface area contributed by atoms with Gasteiger partial charge in [0.05, 0.1) is 13.2 Å². The summed E-state index contributed by atoms with van der Waals surface area (Å²) in [4.78, 5) is 4.86. The Bertz CT molecular complexity index is 143. The van der Waals surface area contributed by atoms with Gasteiger partial charge in [0.2, 0.25) is 0 Å². The van der Waals surface area contributed by atoms with Crippen molar-refractivity contribution in [1.29, 1.82) is 0 Å². The molecule has 0 spiro atoms. The van der Waals surface area contributed by atoms with Crippen LogP contribution in [-0.2, 0) is 4.74 Å². The zero-order chi connectivity index (χ0) is 10.2. The van der Waals surface area contributed by atoms with E-state index in [1.54, 1.807) is 0 Å². The molecule has 0 saturated carbocycles. The standard InChI is InChI=1S/C10H23N3O/c1-12-4-2-5-13(7-6-12)8-10-14-9-3-11/h2-11H2,1H3. The van der Waals surface area contributed by atoms with Gasteiger partial charge in [0, 0.05) is 26.2 Å². The van der Waals surface area contributed by atoms with Crippen LogP contribution >= 0.6 is 0 Å². The first-order chi connectivity index (χ1) is 6.83. The SMILES string of the molecule is CN1CCCN(CCOCCN)CC1. The van der Waals surface area contributed by atoms with Gasteiger partial charge < -0.3 is 15.4 Å². The van der Waals surface area contributed by atoms with Gasteiger partial charge >= 0.3 is 0 Å². The summed E-state index contributed by atoms with van der Waals surface area (Å²) in [6.07, 6.45) is 1.27. The van der Waals surface area contributed by atoms with Crippen LogP contribution in [0.25, 0.3) is 0 Å². The lowest BCUT2D eigenvalue weighted by Crippen LogP contribution is -2.32. The summed E-state index contributed by atoms with van der Waals surface area (Å²) >= 11 is 0. The van der Waals surface area contributed by atoms with Crippen molar-refractivity contribution in [2.75, 3.05) is 59.5 Å². The molecule has 1 saturated heterocycles. The number of nitrogens with zero attached hydrogens (tertiary/aromatic N) is 2. The summed E-state index contributed by atoms with van der Waals surface area (Å²) in [5, 5.41) is 0. The van der Waals surface area contributed by atoms with Gasteiger partial charge in [-0.15, -0.1) is 0 Å². The van der Waals surface area contributed by atoms with Gasteiger partial charge in [0.1, 0.15) is 0 Å². The summed E-state index contributed by atoms with van der Waals surface area (Å²) in [5.41, 5.74) is 5.35. The number of ether oxygens (including phenoxy) is 1. The molecule has 0 amide bonds. The maximum Gasteiger partial charge on any atom is 0.0594 e. The van der Waals surface area contributed by atoms with Gasteiger partial charge in [-0.1, -0.05) is 0 Å². The quantitative estimate of drug-likeness (QED) is 0.615. The van der Waals surface area contributed by atoms with Crippen LogP contribution < -0.4 is 5.73 Å². The minimum absolute atomic E-state index is 0.628. The monoisotopic (exact) mass is 201 g/mol. The first kappa shape index (κ1) is 11.9. The predicted octanol–water partition coefficient (Wildman–Crippen LogP) is -0.401. The molecule has 0 aromatic carbocycles. The van der Waals surface area contributed by atoms with Crippen molar-refractivity contribution in [3.05, 3.63) is 0 Å². The van der Waals surface area contributed by atoms with Crippen LogP contribution in [0.1, 0.15) is 6.42 Å². The maximum atomic E-state index is 5.37. The summed E-state index contributed by atoms with van der Waals surface area (Å²) in [6.45, 7) is 7.96. The molecule has 0 aromatic rings. The fraction of sp³-hybridized carbons (Fsp3) is 1.00. The number of rotatable bonds is 5. The minimum atomic E-state index is 0.628. The largest absolute Gasteiger partial charge is 0.379 e. The molecule has 0 unspecified atom stereocenters. The Hall–Kier alpha value is -0.160. The molecule has 4 heteroatoms. The van der Waals surface area contributed by atoms with Crippen molar-refractivity contribution in [3.8, 4) is 0 Å². The van der Waals surface area contributed by atoms with Crippen molar-refractivity contribution in [2.24, 2.45) is 5.73 Å². The van der Waals surface area contributed by atoms with Crippen LogP contribution in [0.5, 0.6) is 0 Å². The highest BCUT2D eigenvalue weighted by Gasteiger charge is 2.10. The fourth-order valence-corrected chi connectivity index (χ4v) is 1.70. The van der Waals surface area contributed by atoms with Crippen molar-refractivity contribution in [1.82, 2.24) is 9.80 Å². The molecule has 14 heavy (non-hydrogen) atoms. The van der Waals surface area contributed by atoms with E-state index >= 15 is 0 Å². The molecule has 0 bridgehead atoms. The van der Waals surface area contributed by atoms with E-state index in [2.05, 4.69) is 16.8 Å². The normalized spacial score (nSPS) is 21.0. The number of likely N-dealkylation sites (N-methyl/N-ethyl adjacent to an activating group) is 1. The maximum absolute atomic E-state index is 5.37. The molecule has 2 N–H and O–H groups in total. The predicted molar refractivity (Wildman–Crippen MR) is 58.4 cm³/mol. The van der Waals surface area contributed by atoms with Gasteiger partial charge in [0.25, 0.3) is 0 Å². The molecular formula is C10H23N3O. The lowest BCUT2D eigenvalue weighted by atomic mass is 10.4. The third kappa shape index (κ3) is 4.91. The Morgan fingerprint density at radius 1 is 1.14 bits per heavy atom. The van der Waals surface area contributed by atoms with E-state index in [9.17, 15) is 0 Å². The first-order valence-corrected chi connectivity index (χ1v) is 5.51. The molecule has 0 aromatic heterocycles. The highest BCUT2D eigenvalue weighted by atomic mass is 16.5. The molecule has 1 fully saturated rings. The van der Waals surface area contributed by atoms with E-state index < -0.39 is 0 Å². The highest BCUT2D eigenvalue weighted by Crippen LogP contribution is 2.00.